The van der Waals surface area contributed by atoms with Gasteiger partial charge in [0.25, 0.3) is 5.91 Å². The lowest BCUT2D eigenvalue weighted by Crippen LogP contribution is -2.40. The van der Waals surface area contributed by atoms with Crippen LogP contribution < -0.4 is 4.90 Å². The molecule has 3 heterocycles. The zero-order valence-electron chi connectivity index (χ0n) is 17.8. The fourth-order valence-electron chi connectivity index (χ4n) is 4.50. The highest BCUT2D eigenvalue weighted by atomic mass is 16.2. The summed E-state index contributed by atoms with van der Waals surface area (Å²) in [5, 5.41) is 8.42. The Hall–Kier alpha value is -3.29. The lowest BCUT2D eigenvalue weighted by Gasteiger charge is -2.27. The molecule has 160 valence electrons. The molecule has 1 unspecified atom stereocenters. The van der Waals surface area contributed by atoms with Crippen molar-refractivity contribution in [1.29, 1.82) is 0 Å². The Balaban J connectivity index is 1.36. The van der Waals surface area contributed by atoms with Gasteiger partial charge in [0, 0.05) is 37.6 Å². The smallest absolute Gasteiger partial charge is 0.256 e. The molecule has 8 nitrogen and oxygen atoms in total. The van der Waals surface area contributed by atoms with Crippen molar-refractivity contribution in [2.24, 2.45) is 0 Å². The molecule has 0 radical (unpaired) electrons. The average molecular weight is 418 g/mol. The van der Waals surface area contributed by atoms with E-state index in [1.165, 1.54) is 28.9 Å². The second-order valence-electron chi connectivity index (χ2n) is 8.31. The van der Waals surface area contributed by atoms with Gasteiger partial charge in [-0.2, -0.15) is 15.0 Å². The molecule has 0 N–H and O–H groups in total. The molecule has 1 amide bonds. The Bertz CT molecular complexity index is 1070. The van der Waals surface area contributed by atoms with E-state index >= 15 is 0 Å². The van der Waals surface area contributed by atoms with E-state index in [9.17, 15) is 4.79 Å². The number of rotatable bonds is 3. The van der Waals surface area contributed by atoms with Crippen molar-refractivity contribution in [2.45, 2.75) is 45.1 Å². The van der Waals surface area contributed by atoms with Gasteiger partial charge in [-0.3, -0.25) is 4.79 Å². The van der Waals surface area contributed by atoms with Crippen molar-refractivity contribution in [3.8, 4) is 5.69 Å². The molecule has 0 spiro atoms. The summed E-state index contributed by atoms with van der Waals surface area (Å²) in [6, 6.07) is 7.63. The predicted molar refractivity (Wildman–Crippen MR) is 117 cm³/mol. The molecule has 1 aromatic carbocycles. The number of carbonyl (C=O) groups excluding carboxylic acids is 1. The van der Waals surface area contributed by atoms with Gasteiger partial charge in [-0.1, -0.05) is 12.1 Å². The molecular weight excluding hydrogens is 390 g/mol. The highest BCUT2D eigenvalue weighted by Gasteiger charge is 2.28. The maximum Gasteiger partial charge on any atom is 0.256 e. The van der Waals surface area contributed by atoms with Gasteiger partial charge in [-0.25, -0.2) is 9.97 Å². The number of hydrogen-bond donors (Lipinski definition) is 0. The third-order valence-electron chi connectivity index (χ3n) is 6.32. The van der Waals surface area contributed by atoms with E-state index in [1.807, 2.05) is 35.4 Å². The monoisotopic (exact) mass is 417 g/mol. The number of carbonyl (C=O) groups is 1. The molecule has 0 bridgehead atoms. The number of hydrogen-bond acceptors (Lipinski definition) is 6. The first-order chi connectivity index (χ1) is 15.2. The zero-order chi connectivity index (χ0) is 21.2. The van der Waals surface area contributed by atoms with Crippen LogP contribution in [-0.2, 0) is 12.8 Å². The summed E-state index contributed by atoms with van der Waals surface area (Å²) in [5.74, 6) is 0.803. The van der Waals surface area contributed by atoms with E-state index in [-0.39, 0.29) is 11.9 Å². The summed E-state index contributed by atoms with van der Waals surface area (Å²) in [6.07, 6.45) is 10.7. The van der Waals surface area contributed by atoms with Crippen LogP contribution in [0.1, 0.15) is 47.8 Å². The Kier molecular flexibility index (Phi) is 5.36. The Labute approximate surface area is 181 Å². The topological polar surface area (TPSA) is 80.0 Å². The minimum absolute atomic E-state index is 0.00797. The van der Waals surface area contributed by atoms with Gasteiger partial charge < -0.3 is 9.80 Å². The molecule has 1 aliphatic heterocycles. The highest BCUT2D eigenvalue weighted by molar-refractivity contribution is 5.98. The molecule has 1 fully saturated rings. The first-order valence-corrected chi connectivity index (χ1v) is 11.1. The van der Waals surface area contributed by atoms with E-state index in [0.29, 0.717) is 17.8 Å². The molecule has 5 rings (SSSR count). The number of nitrogens with zero attached hydrogens (tertiary/aromatic N) is 7. The van der Waals surface area contributed by atoms with E-state index in [2.05, 4.69) is 27.0 Å². The van der Waals surface area contributed by atoms with Crippen LogP contribution in [0.4, 0.5) is 5.95 Å². The average Bonchev–Trinajstić information content (AvgIpc) is 3.28. The quantitative estimate of drug-likeness (QED) is 0.652. The Morgan fingerprint density at radius 1 is 1.03 bits per heavy atom. The fourth-order valence-corrected chi connectivity index (χ4v) is 4.50. The lowest BCUT2D eigenvalue weighted by molar-refractivity contribution is 0.0705. The van der Waals surface area contributed by atoms with Crippen LogP contribution in [0.15, 0.2) is 42.9 Å². The summed E-state index contributed by atoms with van der Waals surface area (Å²) < 4.78 is 0. The number of para-hydroxylation sites is 1. The van der Waals surface area contributed by atoms with E-state index in [1.54, 1.807) is 12.4 Å². The normalized spacial score (nSPS) is 19.1. The molecule has 31 heavy (non-hydrogen) atoms. The third-order valence-corrected chi connectivity index (χ3v) is 6.32. The largest absolute Gasteiger partial charge is 0.339 e. The van der Waals surface area contributed by atoms with Gasteiger partial charge in [0.05, 0.1) is 23.6 Å². The minimum atomic E-state index is 0.00797. The standard InChI is InChI=1S/C23H27N7O/c1-17-10-13-28(23-24-16-18-6-2-4-8-20(18)27-23)14-15-29(17)22(31)19-7-3-5-9-21(19)30-25-11-12-26-30/h3,5,7,9,11-12,16-17H,2,4,6,8,10,13-15H2,1H3. The molecular formula is C23H27N7O. The maximum absolute atomic E-state index is 13.5. The lowest BCUT2D eigenvalue weighted by atomic mass is 9.98. The van der Waals surface area contributed by atoms with Gasteiger partial charge in [0.15, 0.2) is 0 Å². The molecule has 1 atom stereocenters. The number of anilines is 1. The maximum atomic E-state index is 13.5. The predicted octanol–water partition coefficient (Wildman–Crippen LogP) is 2.68. The van der Waals surface area contributed by atoms with Gasteiger partial charge in [-0.05, 0) is 56.7 Å². The highest BCUT2D eigenvalue weighted by Crippen LogP contribution is 2.23. The SMILES string of the molecule is CC1CCN(c2ncc3c(n2)CCCC3)CCN1C(=O)c1ccccc1-n1nccn1. The van der Waals surface area contributed by atoms with Crippen molar-refractivity contribution < 1.29 is 4.79 Å². The molecule has 2 aliphatic rings. The summed E-state index contributed by atoms with van der Waals surface area (Å²) in [7, 11) is 0. The first-order valence-electron chi connectivity index (χ1n) is 11.1. The summed E-state index contributed by atoms with van der Waals surface area (Å²) in [6.45, 7) is 4.30. The van der Waals surface area contributed by atoms with Crippen LogP contribution in [0, 0.1) is 0 Å². The number of benzene rings is 1. The second-order valence-corrected chi connectivity index (χ2v) is 8.31. The minimum Gasteiger partial charge on any atom is -0.339 e. The van der Waals surface area contributed by atoms with Crippen molar-refractivity contribution in [3.05, 3.63) is 59.7 Å². The number of amides is 1. The number of fused-ring (bicyclic) bond motifs is 1. The van der Waals surface area contributed by atoms with E-state index in [4.69, 9.17) is 4.98 Å². The first kappa shape index (κ1) is 19.7. The fraction of sp³-hybridized carbons (Fsp3) is 0.435. The van der Waals surface area contributed by atoms with Gasteiger partial charge in [0.2, 0.25) is 5.95 Å². The Morgan fingerprint density at radius 2 is 1.84 bits per heavy atom. The van der Waals surface area contributed by atoms with Crippen LogP contribution in [0.5, 0.6) is 0 Å². The molecule has 0 saturated carbocycles. The summed E-state index contributed by atoms with van der Waals surface area (Å²) in [5.41, 5.74) is 3.80. The molecule has 8 heteroatoms. The molecule has 1 saturated heterocycles. The molecule has 2 aromatic heterocycles. The van der Waals surface area contributed by atoms with Crippen LogP contribution in [0.25, 0.3) is 5.69 Å². The Morgan fingerprint density at radius 3 is 2.71 bits per heavy atom. The molecule has 3 aromatic rings. The van der Waals surface area contributed by atoms with Crippen molar-refractivity contribution >= 4 is 11.9 Å². The second kappa shape index (κ2) is 8.45. The van der Waals surface area contributed by atoms with Gasteiger partial charge in [-0.15, -0.1) is 0 Å². The number of aromatic nitrogens is 5. The zero-order valence-corrected chi connectivity index (χ0v) is 17.8. The van der Waals surface area contributed by atoms with Crippen LogP contribution >= 0.6 is 0 Å². The molecule has 1 aliphatic carbocycles. The van der Waals surface area contributed by atoms with Crippen LogP contribution in [0.3, 0.4) is 0 Å². The summed E-state index contributed by atoms with van der Waals surface area (Å²) in [4.78, 5) is 28.7. The summed E-state index contributed by atoms with van der Waals surface area (Å²) >= 11 is 0. The van der Waals surface area contributed by atoms with Crippen LogP contribution in [-0.4, -0.2) is 61.4 Å². The third kappa shape index (κ3) is 3.89. The number of aryl methyl sites for hydroxylation is 2. The van der Waals surface area contributed by atoms with Gasteiger partial charge >= 0.3 is 0 Å². The van der Waals surface area contributed by atoms with Crippen molar-refractivity contribution in [1.82, 2.24) is 29.9 Å². The van der Waals surface area contributed by atoms with E-state index in [0.717, 1.165) is 38.3 Å². The van der Waals surface area contributed by atoms with E-state index < -0.39 is 0 Å². The van der Waals surface area contributed by atoms with Crippen LogP contribution in [0.2, 0.25) is 0 Å². The van der Waals surface area contributed by atoms with Crippen molar-refractivity contribution in [2.75, 3.05) is 24.5 Å². The van der Waals surface area contributed by atoms with Gasteiger partial charge in [0.1, 0.15) is 0 Å². The van der Waals surface area contributed by atoms with Crippen molar-refractivity contribution in [3.63, 3.8) is 0 Å².